The fraction of sp³-hybridized carbons (Fsp3) is 0.238. The largest absolute Gasteiger partial charge is 0.496 e. The van der Waals surface area contributed by atoms with Crippen molar-refractivity contribution >= 4 is 23.6 Å². The minimum Gasteiger partial charge on any atom is -0.496 e. The van der Waals surface area contributed by atoms with Gasteiger partial charge in [-0.1, -0.05) is 30.3 Å². The Morgan fingerprint density at radius 3 is 2.62 bits per heavy atom. The predicted molar refractivity (Wildman–Crippen MR) is 104 cm³/mol. The van der Waals surface area contributed by atoms with Crippen LogP contribution in [0.5, 0.6) is 5.75 Å². The number of ether oxygens (including phenoxy) is 1. The first-order chi connectivity index (χ1) is 12.5. The molecule has 2 rings (SSSR count). The third kappa shape index (κ3) is 5.77. The van der Waals surface area contributed by atoms with E-state index < -0.39 is 0 Å². The van der Waals surface area contributed by atoms with Gasteiger partial charge in [-0.3, -0.25) is 9.59 Å². The molecule has 0 aliphatic rings. The van der Waals surface area contributed by atoms with Gasteiger partial charge in [0.25, 0.3) is 0 Å². The van der Waals surface area contributed by atoms with Crippen molar-refractivity contribution in [2.75, 3.05) is 26.5 Å². The molecule has 0 fully saturated rings. The second-order valence-electron chi connectivity index (χ2n) is 6.05. The van der Waals surface area contributed by atoms with Crippen LogP contribution in [0.25, 0.3) is 6.08 Å². The summed E-state index contributed by atoms with van der Waals surface area (Å²) in [5.74, 6) is 0.570. The number of anilines is 1. The Morgan fingerprint density at radius 1 is 1.12 bits per heavy atom. The molecule has 5 nitrogen and oxygen atoms in total. The summed E-state index contributed by atoms with van der Waals surface area (Å²) in [4.78, 5) is 25.4. The number of hydrogen-bond donors (Lipinski definition) is 1. The van der Waals surface area contributed by atoms with E-state index in [2.05, 4.69) is 5.32 Å². The van der Waals surface area contributed by atoms with Gasteiger partial charge in [0.05, 0.1) is 7.11 Å². The fourth-order valence-electron chi connectivity index (χ4n) is 2.43. The number of hydrogen-bond acceptors (Lipinski definition) is 3. The van der Waals surface area contributed by atoms with Gasteiger partial charge in [-0.25, -0.2) is 0 Å². The number of aryl methyl sites for hydroxylation is 1. The monoisotopic (exact) mass is 352 g/mol. The Kier molecular flexibility index (Phi) is 6.97. The van der Waals surface area contributed by atoms with Crippen molar-refractivity contribution in [3.05, 3.63) is 65.7 Å². The lowest BCUT2D eigenvalue weighted by Gasteiger charge is -2.10. The molecule has 0 saturated carbocycles. The zero-order valence-electron chi connectivity index (χ0n) is 15.4. The first-order valence-electron chi connectivity index (χ1n) is 8.41. The van der Waals surface area contributed by atoms with Gasteiger partial charge in [-0.05, 0) is 36.3 Å². The highest BCUT2D eigenvalue weighted by molar-refractivity contribution is 6.02. The van der Waals surface area contributed by atoms with Crippen LogP contribution in [-0.2, 0) is 16.0 Å². The van der Waals surface area contributed by atoms with Crippen molar-refractivity contribution in [1.29, 1.82) is 0 Å². The van der Waals surface area contributed by atoms with E-state index in [9.17, 15) is 9.59 Å². The number of nitrogens with one attached hydrogen (secondary N) is 1. The number of benzene rings is 2. The van der Waals surface area contributed by atoms with Crippen LogP contribution in [0.4, 0.5) is 5.69 Å². The van der Waals surface area contributed by atoms with E-state index in [1.165, 1.54) is 6.08 Å². The number of nitrogens with zero attached hydrogens (tertiary/aromatic N) is 1. The molecule has 0 spiro atoms. The molecule has 136 valence electrons. The molecule has 1 N–H and O–H groups in total. The second-order valence-corrected chi connectivity index (χ2v) is 6.05. The summed E-state index contributed by atoms with van der Waals surface area (Å²) >= 11 is 0. The minimum absolute atomic E-state index is 0.0826. The summed E-state index contributed by atoms with van der Waals surface area (Å²) in [6.45, 7) is 0. The van der Waals surface area contributed by atoms with Crippen molar-refractivity contribution in [1.82, 2.24) is 4.90 Å². The number of carbonyl (C=O) groups is 2. The van der Waals surface area contributed by atoms with E-state index in [0.29, 0.717) is 24.3 Å². The SMILES string of the molecule is COc1ccccc1/C=C/C(=O)Nc1cccc(CCC(=O)N(C)C)c1. The van der Waals surface area contributed by atoms with Gasteiger partial charge in [0.2, 0.25) is 11.8 Å². The molecular formula is C21H24N2O3. The normalized spacial score (nSPS) is 10.6. The molecule has 26 heavy (non-hydrogen) atoms. The van der Waals surface area contributed by atoms with Crippen molar-refractivity contribution in [2.45, 2.75) is 12.8 Å². The lowest BCUT2D eigenvalue weighted by atomic mass is 10.1. The van der Waals surface area contributed by atoms with Crippen LogP contribution >= 0.6 is 0 Å². The maximum atomic E-state index is 12.2. The zero-order valence-corrected chi connectivity index (χ0v) is 15.4. The van der Waals surface area contributed by atoms with Crippen LogP contribution in [0.15, 0.2) is 54.6 Å². The standard InChI is InChI=1S/C21H24N2O3/c1-23(2)21(25)14-11-16-7-6-9-18(15-16)22-20(24)13-12-17-8-4-5-10-19(17)26-3/h4-10,12-13,15H,11,14H2,1-3H3,(H,22,24)/b13-12+. The van der Waals surface area contributed by atoms with Crippen LogP contribution < -0.4 is 10.1 Å². The van der Waals surface area contributed by atoms with Crippen LogP contribution in [0.3, 0.4) is 0 Å². The molecule has 0 saturated heterocycles. The Hall–Kier alpha value is -3.08. The van der Waals surface area contributed by atoms with Gasteiger partial charge < -0.3 is 15.0 Å². The average Bonchev–Trinajstić information content (AvgIpc) is 2.64. The van der Waals surface area contributed by atoms with Crippen molar-refractivity contribution in [2.24, 2.45) is 0 Å². The van der Waals surface area contributed by atoms with Gasteiger partial charge in [-0.15, -0.1) is 0 Å². The Labute approximate surface area is 154 Å². The molecule has 0 aliphatic heterocycles. The Bertz CT molecular complexity index is 797. The van der Waals surface area contributed by atoms with Crippen LogP contribution in [-0.4, -0.2) is 37.9 Å². The second kappa shape index (κ2) is 9.42. The number of rotatable bonds is 7. The summed E-state index contributed by atoms with van der Waals surface area (Å²) in [6.07, 6.45) is 4.27. The Balaban J connectivity index is 1.97. The van der Waals surface area contributed by atoms with Gasteiger partial charge in [0.1, 0.15) is 5.75 Å². The van der Waals surface area contributed by atoms with Gasteiger partial charge in [0.15, 0.2) is 0 Å². The molecule has 2 aromatic carbocycles. The van der Waals surface area contributed by atoms with E-state index in [1.807, 2.05) is 48.5 Å². The van der Waals surface area contributed by atoms with Gasteiger partial charge >= 0.3 is 0 Å². The molecule has 0 aromatic heterocycles. The summed E-state index contributed by atoms with van der Waals surface area (Å²) < 4.78 is 5.26. The Morgan fingerprint density at radius 2 is 1.88 bits per heavy atom. The molecule has 2 amide bonds. The minimum atomic E-state index is -0.225. The van der Waals surface area contributed by atoms with Crippen LogP contribution in [0.1, 0.15) is 17.5 Å². The topological polar surface area (TPSA) is 58.6 Å². The van der Waals surface area contributed by atoms with E-state index in [-0.39, 0.29) is 11.8 Å². The van der Waals surface area contributed by atoms with Gasteiger partial charge in [0, 0.05) is 37.8 Å². The molecule has 0 atom stereocenters. The van der Waals surface area contributed by atoms with Crippen molar-refractivity contribution < 1.29 is 14.3 Å². The lowest BCUT2D eigenvalue weighted by molar-refractivity contribution is -0.128. The maximum Gasteiger partial charge on any atom is 0.248 e. The number of methoxy groups -OCH3 is 1. The molecule has 0 heterocycles. The molecule has 0 unspecified atom stereocenters. The molecule has 2 aromatic rings. The number of carbonyl (C=O) groups excluding carboxylic acids is 2. The highest BCUT2D eigenvalue weighted by Gasteiger charge is 2.06. The average molecular weight is 352 g/mol. The summed E-state index contributed by atoms with van der Waals surface area (Å²) in [7, 11) is 5.08. The zero-order chi connectivity index (χ0) is 18.9. The van der Waals surface area contributed by atoms with Gasteiger partial charge in [-0.2, -0.15) is 0 Å². The van der Waals surface area contributed by atoms with E-state index >= 15 is 0 Å². The molecule has 0 radical (unpaired) electrons. The van der Waals surface area contributed by atoms with Crippen LogP contribution in [0.2, 0.25) is 0 Å². The summed E-state index contributed by atoms with van der Waals surface area (Å²) in [5.41, 5.74) is 2.54. The van der Waals surface area contributed by atoms with E-state index in [4.69, 9.17) is 4.74 Å². The molecule has 0 aliphatic carbocycles. The summed E-state index contributed by atoms with van der Waals surface area (Å²) in [6, 6.07) is 15.0. The van der Waals surface area contributed by atoms with Crippen molar-refractivity contribution in [3.8, 4) is 5.75 Å². The first kappa shape index (κ1) is 19.2. The van der Waals surface area contributed by atoms with E-state index in [1.54, 1.807) is 32.2 Å². The highest BCUT2D eigenvalue weighted by Crippen LogP contribution is 2.19. The fourth-order valence-corrected chi connectivity index (χ4v) is 2.43. The first-order valence-corrected chi connectivity index (χ1v) is 8.41. The van der Waals surface area contributed by atoms with Crippen molar-refractivity contribution in [3.63, 3.8) is 0 Å². The summed E-state index contributed by atoms with van der Waals surface area (Å²) in [5, 5.41) is 2.84. The quantitative estimate of drug-likeness (QED) is 0.777. The lowest BCUT2D eigenvalue weighted by Crippen LogP contribution is -2.21. The highest BCUT2D eigenvalue weighted by atomic mass is 16.5. The van der Waals surface area contributed by atoms with Crippen LogP contribution in [0, 0.1) is 0 Å². The third-order valence-electron chi connectivity index (χ3n) is 3.87. The smallest absolute Gasteiger partial charge is 0.248 e. The predicted octanol–water partition coefficient (Wildman–Crippen LogP) is 3.37. The molecule has 0 bridgehead atoms. The van der Waals surface area contributed by atoms with E-state index in [0.717, 1.165) is 11.1 Å². The number of amides is 2. The maximum absolute atomic E-state index is 12.2. The third-order valence-corrected chi connectivity index (χ3v) is 3.87. The number of para-hydroxylation sites is 1. The molecular weight excluding hydrogens is 328 g/mol. The molecule has 5 heteroatoms.